The molecule has 0 saturated heterocycles. The van der Waals surface area contributed by atoms with Crippen LogP contribution in [0.25, 0.3) is 24.3 Å². The smallest absolute Gasteiger partial charge is 0.487 e. The topological polar surface area (TPSA) is 166 Å². The summed E-state index contributed by atoms with van der Waals surface area (Å²) in [4.78, 5) is 0. The Morgan fingerprint density at radius 2 is 0.484 bits per heavy atom. The van der Waals surface area contributed by atoms with Gasteiger partial charge in [-0.05, 0) is 69.3 Å². The van der Waals surface area contributed by atoms with E-state index in [1.165, 1.54) is 85.3 Å². The lowest BCUT2D eigenvalue weighted by Gasteiger charge is -2.22. The zero-order valence-electron chi connectivity index (χ0n) is 37.9. The van der Waals surface area contributed by atoms with E-state index in [-0.39, 0.29) is 52.9 Å². The third-order valence-corrected chi connectivity index (χ3v) is 18.7. The fourth-order valence-corrected chi connectivity index (χ4v) is 11.0. The van der Waals surface area contributed by atoms with Gasteiger partial charge in [0.1, 0.15) is 26.4 Å². The molecule has 0 aliphatic carbocycles. The summed E-state index contributed by atoms with van der Waals surface area (Å²) in [7, 11) is 6.04. The third-order valence-electron chi connectivity index (χ3n) is 9.52. The molecule has 0 saturated carbocycles. The SMILES string of the molecule is CO[Si](/C=C/c1cc2c(cc1/C=C/[Si](OC)(OC)OC)OCCOCCOc1cc(/C=C/[Si](OC)(OC)OC)c(/C=C/[Si](OC)(OC)OC)cc1OCCOCCO2)(OC)OC. The van der Waals surface area contributed by atoms with Crippen LogP contribution in [0.4, 0.5) is 0 Å². The number of hydrogen-bond donors (Lipinski definition) is 0. The second-order valence-electron chi connectivity index (χ2n) is 12.7. The van der Waals surface area contributed by atoms with Crippen molar-refractivity contribution in [2.75, 3.05) is 138 Å². The Balaban J connectivity index is 1.97. The van der Waals surface area contributed by atoms with Crippen molar-refractivity contribution in [2.24, 2.45) is 0 Å². The largest absolute Gasteiger partial charge is 0.528 e. The standard InChI is InChI=1S/C40H64O18Si4/c1-41-59(42-2,43-3)25-13-33-29-37-38(30-34(33)14-26-60(44-4,45-5)46-6)56-22-18-54-20-24-58-40-32-36(16-28-62(50-10,51-11)52-12)35(15-27-61(47-7,48-8)49-9)31-39(40)57-23-19-53-17-21-55-37/h13-16,25-32H,17-24H2,1-12H3/b25-13+,26-14+,27-15+,28-16+. The summed E-state index contributed by atoms with van der Waals surface area (Å²) in [6, 6.07) is 7.41. The molecule has 1 heterocycles. The molecule has 0 amide bonds. The van der Waals surface area contributed by atoms with Gasteiger partial charge in [-0.25, -0.2) is 0 Å². The van der Waals surface area contributed by atoms with Crippen LogP contribution in [0.1, 0.15) is 22.3 Å². The van der Waals surface area contributed by atoms with Crippen LogP contribution in [0.5, 0.6) is 23.0 Å². The van der Waals surface area contributed by atoms with Gasteiger partial charge in [-0.1, -0.05) is 24.3 Å². The highest BCUT2D eigenvalue weighted by atomic mass is 28.4. The van der Waals surface area contributed by atoms with Crippen molar-refractivity contribution in [1.82, 2.24) is 0 Å². The minimum atomic E-state index is -3.10. The lowest BCUT2D eigenvalue weighted by Crippen LogP contribution is -2.41. The molecule has 22 heteroatoms. The number of rotatable bonds is 20. The van der Waals surface area contributed by atoms with Gasteiger partial charge in [0.2, 0.25) is 0 Å². The van der Waals surface area contributed by atoms with E-state index in [0.29, 0.717) is 23.0 Å². The highest BCUT2D eigenvalue weighted by molar-refractivity contribution is 6.68. The highest BCUT2D eigenvalue weighted by Gasteiger charge is 2.37. The van der Waals surface area contributed by atoms with Gasteiger partial charge in [-0.2, -0.15) is 0 Å². The van der Waals surface area contributed by atoms with Gasteiger partial charge >= 0.3 is 35.2 Å². The maximum atomic E-state index is 6.26. The molecule has 0 unspecified atom stereocenters. The molecule has 0 aromatic heterocycles. The zero-order chi connectivity index (χ0) is 45.5. The lowest BCUT2D eigenvalue weighted by molar-refractivity contribution is 0.0640. The molecule has 2 aromatic rings. The fraction of sp³-hybridized carbons (Fsp3) is 0.500. The van der Waals surface area contributed by atoms with E-state index >= 15 is 0 Å². The molecular weight excluding hydrogens is 881 g/mol. The molecule has 1 aliphatic rings. The van der Waals surface area contributed by atoms with Crippen molar-refractivity contribution in [3.05, 3.63) is 69.3 Å². The van der Waals surface area contributed by atoms with E-state index in [0.717, 1.165) is 22.3 Å². The van der Waals surface area contributed by atoms with E-state index in [1.54, 1.807) is 22.8 Å². The van der Waals surface area contributed by atoms with Crippen LogP contribution in [0, 0.1) is 0 Å². The average molecular weight is 945 g/mol. The van der Waals surface area contributed by atoms with E-state index < -0.39 is 35.2 Å². The van der Waals surface area contributed by atoms with Crippen LogP contribution in [0.2, 0.25) is 0 Å². The fourth-order valence-electron chi connectivity index (χ4n) is 5.84. The summed E-state index contributed by atoms with van der Waals surface area (Å²) in [6.45, 7) is 1.81. The van der Waals surface area contributed by atoms with E-state index in [2.05, 4.69) is 0 Å². The molecule has 0 atom stereocenters. The zero-order valence-corrected chi connectivity index (χ0v) is 41.9. The lowest BCUT2D eigenvalue weighted by atomic mass is 10.1. The van der Waals surface area contributed by atoms with Crippen LogP contribution < -0.4 is 18.9 Å². The Labute approximate surface area is 370 Å². The number of hydrogen-bond acceptors (Lipinski definition) is 18. The van der Waals surface area contributed by atoms with Crippen molar-refractivity contribution < 1.29 is 81.5 Å². The second kappa shape index (κ2) is 27.3. The number of benzene rings is 2. The summed E-state index contributed by atoms with van der Waals surface area (Å²) in [6.07, 6.45) is 7.39. The van der Waals surface area contributed by atoms with Crippen molar-refractivity contribution in [3.8, 4) is 23.0 Å². The van der Waals surface area contributed by atoms with Gasteiger partial charge in [0.15, 0.2) is 23.0 Å². The van der Waals surface area contributed by atoms with Gasteiger partial charge in [0.05, 0.1) is 26.4 Å². The quantitative estimate of drug-likeness (QED) is 0.168. The molecular formula is C40H64O18Si4. The second-order valence-corrected chi connectivity index (χ2v) is 23.7. The Bertz CT molecular complexity index is 1460. The Kier molecular flexibility index (Phi) is 23.4. The molecule has 3 rings (SSSR count). The monoisotopic (exact) mass is 944 g/mol. The van der Waals surface area contributed by atoms with Gasteiger partial charge in [0.25, 0.3) is 0 Å². The van der Waals surface area contributed by atoms with Gasteiger partial charge < -0.3 is 81.5 Å². The van der Waals surface area contributed by atoms with Crippen LogP contribution in [-0.4, -0.2) is 173 Å². The minimum Gasteiger partial charge on any atom is -0.487 e. The predicted octanol–water partition coefficient (Wildman–Crippen LogP) is 4.67. The summed E-state index contributed by atoms with van der Waals surface area (Å²) in [5.41, 5.74) is 10.1. The molecule has 0 N–H and O–H groups in total. The Hall–Kier alpha value is -3.09. The van der Waals surface area contributed by atoms with Crippen molar-refractivity contribution >= 4 is 59.5 Å². The molecule has 2 aromatic carbocycles. The Morgan fingerprint density at radius 3 is 0.645 bits per heavy atom. The van der Waals surface area contributed by atoms with E-state index in [1.807, 2.05) is 48.6 Å². The van der Waals surface area contributed by atoms with E-state index in [4.69, 9.17) is 81.5 Å². The van der Waals surface area contributed by atoms with Crippen molar-refractivity contribution in [1.29, 1.82) is 0 Å². The summed E-state index contributed by atoms with van der Waals surface area (Å²) < 4.78 is 104. The molecule has 18 nitrogen and oxygen atoms in total. The Morgan fingerprint density at radius 1 is 0.306 bits per heavy atom. The molecule has 62 heavy (non-hydrogen) atoms. The van der Waals surface area contributed by atoms with Crippen molar-refractivity contribution in [2.45, 2.75) is 0 Å². The van der Waals surface area contributed by atoms with E-state index in [9.17, 15) is 0 Å². The van der Waals surface area contributed by atoms with Gasteiger partial charge in [-0.3, -0.25) is 0 Å². The highest BCUT2D eigenvalue weighted by Crippen LogP contribution is 2.35. The molecule has 0 fully saturated rings. The third kappa shape index (κ3) is 15.0. The van der Waals surface area contributed by atoms with Gasteiger partial charge in [0, 0.05) is 85.3 Å². The van der Waals surface area contributed by atoms with Gasteiger partial charge in [-0.15, -0.1) is 0 Å². The average Bonchev–Trinajstić information content (AvgIpc) is 3.31. The first-order chi connectivity index (χ1) is 30.0. The summed E-state index contributed by atoms with van der Waals surface area (Å²) in [5, 5.41) is 0. The maximum absolute atomic E-state index is 6.26. The van der Waals surface area contributed by atoms with Crippen LogP contribution >= 0.6 is 0 Å². The van der Waals surface area contributed by atoms with Crippen LogP contribution in [-0.2, 0) is 62.6 Å². The minimum absolute atomic E-state index is 0.203. The first kappa shape index (κ1) is 53.2. The first-order valence-corrected chi connectivity index (χ1v) is 26.6. The van der Waals surface area contributed by atoms with Crippen molar-refractivity contribution in [3.63, 3.8) is 0 Å². The molecule has 0 spiro atoms. The number of fused-ring (bicyclic) bond motifs is 2. The van der Waals surface area contributed by atoms with Crippen LogP contribution in [0.15, 0.2) is 47.1 Å². The molecule has 0 radical (unpaired) electrons. The normalized spacial score (nSPS) is 15.8. The maximum Gasteiger partial charge on any atom is 0.528 e. The molecule has 348 valence electrons. The first-order valence-electron chi connectivity index (χ1n) is 19.4. The predicted molar refractivity (Wildman–Crippen MR) is 240 cm³/mol. The molecule has 1 aliphatic heterocycles. The van der Waals surface area contributed by atoms with Crippen LogP contribution in [0.3, 0.4) is 0 Å². The summed E-state index contributed by atoms with van der Waals surface area (Å²) in [5.74, 6) is 1.90. The summed E-state index contributed by atoms with van der Waals surface area (Å²) >= 11 is 0. The molecule has 0 bridgehead atoms. The number of ether oxygens (including phenoxy) is 6.